The summed E-state index contributed by atoms with van der Waals surface area (Å²) in [4.78, 5) is 2.57. The number of furan rings is 1. The zero-order chi connectivity index (χ0) is 15.4. The Kier molecular flexibility index (Phi) is 5.52. The van der Waals surface area contributed by atoms with Crippen LogP contribution in [0.15, 0.2) is 16.5 Å². The van der Waals surface area contributed by atoms with Crippen molar-refractivity contribution in [2.45, 2.75) is 32.4 Å². The molecule has 5 nitrogen and oxygen atoms in total. The van der Waals surface area contributed by atoms with E-state index in [4.69, 9.17) is 13.9 Å². The smallest absolute Gasteiger partial charge is 0.120 e. The van der Waals surface area contributed by atoms with Gasteiger partial charge in [0, 0.05) is 38.2 Å². The Morgan fingerprint density at radius 1 is 1.23 bits per heavy atom. The van der Waals surface area contributed by atoms with E-state index in [9.17, 15) is 0 Å². The van der Waals surface area contributed by atoms with Crippen LogP contribution < -0.4 is 5.32 Å². The zero-order valence-corrected chi connectivity index (χ0v) is 13.7. The maximum atomic E-state index is 5.73. The molecule has 3 rings (SSSR count). The third-order valence-corrected chi connectivity index (χ3v) is 4.84. The van der Waals surface area contributed by atoms with Crippen molar-refractivity contribution in [2.24, 2.45) is 5.92 Å². The van der Waals surface area contributed by atoms with Crippen molar-refractivity contribution >= 4 is 0 Å². The molecule has 0 radical (unpaired) electrons. The third kappa shape index (κ3) is 3.90. The molecular weight excluding hydrogens is 280 g/mol. The molecule has 0 bridgehead atoms. The monoisotopic (exact) mass is 308 g/mol. The summed E-state index contributed by atoms with van der Waals surface area (Å²) >= 11 is 0. The molecule has 3 heterocycles. The molecule has 2 saturated heterocycles. The maximum Gasteiger partial charge on any atom is 0.120 e. The number of nitrogens with one attached hydrogen (secondary N) is 1. The van der Waals surface area contributed by atoms with Crippen molar-refractivity contribution in [1.29, 1.82) is 0 Å². The molecule has 124 valence electrons. The fraction of sp³-hybridized carbons (Fsp3) is 0.765. The summed E-state index contributed by atoms with van der Waals surface area (Å²) in [5, 5.41) is 3.65. The Morgan fingerprint density at radius 3 is 2.68 bits per heavy atom. The summed E-state index contributed by atoms with van der Waals surface area (Å²) in [6, 6.07) is 4.84. The van der Waals surface area contributed by atoms with Crippen LogP contribution in [0.3, 0.4) is 0 Å². The lowest BCUT2D eigenvalue weighted by Crippen LogP contribution is -2.51. The van der Waals surface area contributed by atoms with Crippen LogP contribution in [0, 0.1) is 12.8 Å². The number of hydrogen-bond donors (Lipinski definition) is 1. The van der Waals surface area contributed by atoms with E-state index >= 15 is 0 Å². The topological polar surface area (TPSA) is 46.9 Å². The van der Waals surface area contributed by atoms with Crippen LogP contribution in [0.25, 0.3) is 0 Å². The van der Waals surface area contributed by atoms with E-state index in [1.807, 2.05) is 13.0 Å². The van der Waals surface area contributed by atoms with E-state index in [-0.39, 0.29) is 6.04 Å². The molecule has 22 heavy (non-hydrogen) atoms. The first-order chi connectivity index (χ1) is 10.7. The van der Waals surface area contributed by atoms with E-state index in [1.165, 1.54) is 0 Å². The van der Waals surface area contributed by atoms with Gasteiger partial charge in [-0.05, 0) is 32.4 Å². The highest BCUT2D eigenvalue weighted by molar-refractivity contribution is 5.09. The lowest BCUT2D eigenvalue weighted by atomic mass is 9.96. The number of rotatable bonds is 6. The maximum absolute atomic E-state index is 5.73. The Bertz CT molecular complexity index is 451. The fourth-order valence-electron chi connectivity index (χ4n) is 3.44. The highest BCUT2D eigenvalue weighted by Crippen LogP contribution is 2.23. The zero-order valence-electron chi connectivity index (χ0n) is 13.7. The van der Waals surface area contributed by atoms with Gasteiger partial charge in [-0.15, -0.1) is 0 Å². The molecule has 0 amide bonds. The van der Waals surface area contributed by atoms with Gasteiger partial charge in [0.05, 0.1) is 25.9 Å². The Labute approximate surface area is 132 Å². The summed E-state index contributed by atoms with van der Waals surface area (Å²) in [6.45, 7) is 10.6. The molecule has 0 aromatic carbocycles. The van der Waals surface area contributed by atoms with Gasteiger partial charge in [0.25, 0.3) is 0 Å². The van der Waals surface area contributed by atoms with Crippen LogP contribution in [-0.4, -0.2) is 57.0 Å². The minimum atomic E-state index is 0.236. The van der Waals surface area contributed by atoms with Crippen molar-refractivity contribution in [1.82, 2.24) is 10.2 Å². The second-order valence-corrected chi connectivity index (χ2v) is 6.42. The van der Waals surface area contributed by atoms with Crippen molar-refractivity contribution in [2.75, 3.05) is 46.1 Å². The number of aryl methyl sites for hydroxylation is 1. The predicted octanol–water partition coefficient (Wildman–Crippen LogP) is 1.98. The Hall–Kier alpha value is -0.880. The highest BCUT2D eigenvalue weighted by Gasteiger charge is 2.31. The van der Waals surface area contributed by atoms with E-state index < -0.39 is 0 Å². The molecule has 1 N–H and O–H groups in total. The van der Waals surface area contributed by atoms with Crippen LogP contribution in [0.1, 0.15) is 30.9 Å². The lowest BCUT2D eigenvalue weighted by molar-refractivity contribution is 0.000773. The molecular formula is C17H28N2O3. The summed E-state index contributed by atoms with van der Waals surface area (Å²) in [6.07, 6.45) is 1.16. The third-order valence-electron chi connectivity index (χ3n) is 4.84. The van der Waals surface area contributed by atoms with Crippen molar-refractivity contribution < 1.29 is 13.9 Å². The van der Waals surface area contributed by atoms with E-state index in [0.717, 1.165) is 64.0 Å². The largest absolute Gasteiger partial charge is 0.465 e. The quantitative estimate of drug-likeness (QED) is 0.871. The van der Waals surface area contributed by atoms with Crippen LogP contribution >= 0.6 is 0 Å². The minimum absolute atomic E-state index is 0.236. The van der Waals surface area contributed by atoms with Crippen LogP contribution in [0.4, 0.5) is 0 Å². The van der Waals surface area contributed by atoms with Crippen molar-refractivity contribution in [3.63, 3.8) is 0 Å². The second-order valence-electron chi connectivity index (χ2n) is 6.42. The number of hydrogen-bond acceptors (Lipinski definition) is 5. The summed E-state index contributed by atoms with van der Waals surface area (Å²) in [5.41, 5.74) is 0. The Balaban J connectivity index is 1.59. The molecule has 0 unspecified atom stereocenters. The van der Waals surface area contributed by atoms with Crippen LogP contribution in [0.5, 0.6) is 0 Å². The Morgan fingerprint density at radius 2 is 2.05 bits per heavy atom. The predicted molar refractivity (Wildman–Crippen MR) is 85.0 cm³/mol. The first kappa shape index (κ1) is 16.0. The highest BCUT2D eigenvalue weighted by atomic mass is 16.5. The number of ether oxygens (including phenoxy) is 2. The summed E-state index contributed by atoms with van der Waals surface area (Å²) < 4.78 is 16.8. The normalized spacial score (nSPS) is 26.2. The van der Waals surface area contributed by atoms with Gasteiger partial charge in [-0.2, -0.15) is 0 Å². The molecule has 3 atom stereocenters. The van der Waals surface area contributed by atoms with Gasteiger partial charge in [-0.1, -0.05) is 0 Å². The number of nitrogens with zero attached hydrogens (tertiary/aromatic N) is 1. The molecule has 1 aromatic heterocycles. The fourth-order valence-corrected chi connectivity index (χ4v) is 3.44. The van der Waals surface area contributed by atoms with Crippen LogP contribution in [0.2, 0.25) is 0 Å². The molecule has 2 aliphatic heterocycles. The molecule has 2 aliphatic rings. The molecule has 0 aliphatic carbocycles. The average Bonchev–Trinajstić information content (AvgIpc) is 3.20. The molecule has 5 heteroatoms. The van der Waals surface area contributed by atoms with E-state index in [1.54, 1.807) is 0 Å². The SMILES string of the molecule is Cc1ccc([C@H](C)NC[C@@H]([C@@H]2CCOC2)N2CCOCC2)o1. The molecule has 0 saturated carbocycles. The van der Waals surface area contributed by atoms with E-state index in [2.05, 4.69) is 23.2 Å². The lowest BCUT2D eigenvalue weighted by Gasteiger charge is -2.38. The second kappa shape index (κ2) is 7.59. The standard InChI is InChI=1S/C17H28N2O3/c1-13-3-4-17(22-13)14(2)18-11-16(15-5-8-21-12-15)19-6-9-20-10-7-19/h3-4,14-16,18H,5-12H2,1-2H3/t14-,15+,16-/m0/s1. The van der Waals surface area contributed by atoms with E-state index in [0.29, 0.717) is 12.0 Å². The molecule has 2 fully saturated rings. The summed E-state index contributed by atoms with van der Waals surface area (Å²) in [5.74, 6) is 2.61. The molecule has 0 spiro atoms. The van der Waals surface area contributed by atoms with Gasteiger partial charge in [0.15, 0.2) is 0 Å². The van der Waals surface area contributed by atoms with Gasteiger partial charge in [-0.25, -0.2) is 0 Å². The average molecular weight is 308 g/mol. The van der Waals surface area contributed by atoms with Gasteiger partial charge in [0.1, 0.15) is 11.5 Å². The van der Waals surface area contributed by atoms with Gasteiger partial charge < -0.3 is 19.2 Å². The van der Waals surface area contributed by atoms with Gasteiger partial charge in [-0.3, -0.25) is 4.90 Å². The first-order valence-electron chi connectivity index (χ1n) is 8.43. The van der Waals surface area contributed by atoms with Crippen molar-refractivity contribution in [3.8, 4) is 0 Å². The van der Waals surface area contributed by atoms with Gasteiger partial charge in [0.2, 0.25) is 0 Å². The van der Waals surface area contributed by atoms with Crippen LogP contribution in [-0.2, 0) is 9.47 Å². The first-order valence-corrected chi connectivity index (χ1v) is 8.43. The molecule has 1 aromatic rings. The minimum Gasteiger partial charge on any atom is -0.465 e. The summed E-state index contributed by atoms with van der Waals surface area (Å²) in [7, 11) is 0. The van der Waals surface area contributed by atoms with Gasteiger partial charge >= 0.3 is 0 Å². The van der Waals surface area contributed by atoms with Crippen molar-refractivity contribution in [3.05, 3.63) is 23.7 Å². The number of morpholine rings is 1.